The lowest BCUT2D eigenvalue weighted by molar-refractivity contribution is -0.0807. The summed E-state index contributed by atoms with van der Waals surface area (Å²) in [6, 6.07) is 0.367. The largest absolute Gasteiger partial charge is 0.392 e. The lowest BCUT2D eigenvalue weighted by Gasteiger charge is -2.37. The molecular weight excluding hydrogens is 264 g/mol. The minimum Gasteiger partial charge on any atom is -0.392 e. The average molecular weight is 298 g/mol. The van der Waals surface area contributed by atoms with E-state index in [0.717, 1.165) is 45.4 Å². The lowest BCUT2D eigenvalue weighted by Crippen LogP contribution is -2.52. The third-order valence-electron chi connectivity index (χ3n) is 5.12. The normalized spacial score (nSPS) is 36.0. The molecule has 2 rings (SSSR count). The number of rotatable bonds is 5. The van der Waals surface area contributed by atoms with Crippen molar-refractivity contribution >= 4 is 0 Å². The number of nitrogens with zero attached hydrogens (tertiary/aromatic N) is 1. The van der Waals surface area contributed by atoms with Gasteiger partial charge in [-0.3, -0.25) is 0 Å². The van der Waals surface area contributed by atoms with Crippen molar-refractivity contribution in [2.45, 2.75) is 77.2 Å². The molecule has 0 amide bonds. The van der Waals surface area contributed by atoms with Gasteiger partial charge in [0, 0.05) is 25.0 Å². The number of aliphatic hydroxyl groups is 1. The number of likely N-dealkylation sites (tertiary alicyclic amines) is 1. The summed E-state index contributed by atoms with van der Waals surface area (Å²) < 4.78 is 6.38. The molecule has 4 heteroatoms. The van der Waals surface area contributed by atoms with Crippen LogP contribution in [0.2, 0.25) is 0 Å². The molecular formula is C17H34N2O2. The number of hydrogen-bond donors (Lipinski definition) is 2. The topological polar surface area (TPSA) is 44.7 Å². The molecule has 0 saturated carbocycles. The Kier molecular flexibility index (Phi) is 5.35. The van der Waals surface area contributed by atoms with Gasteiger partial charge in [0.15, 0.2) is 0 Å². The summed E-state index contributed by atoms with van der Waals surface area (Å²) in [4.78, 5) is 2.42. The highest BCUT2D eigenvalue weighted by molar-refractivity contribution is 5.06. The van der Waals surface area contributed by atoms with Gasteiger partial charge in [-0.25, -0.2) is 0 Å². The molecule has 124 valence electrons. The third-order valence-corrected chi connectivity index (χ3v) is 5.12. The van der Waals surface area contributed by atoms with Crippen molar-refractivity contribution in [1.29, 1.82) is 0 Å². The van der Waals surface area contributed by atoms with Crippen molar-refractivity contribution in [3.05, 3.63) is 0 Å². The Hall–Kier alpha value is -0.160. The Balaban J connectivity index is 2.08. The monoisotopic (exact) mass is 298 g/mol. The van der Waals surface area contributed by atoms with Gasteiger partial charge in [-0.1, -0.05) is 6.92 Å². The first-order valence-electron chi connectivity index (χ1n) is 8.60. The molecule has 0 aliphatic carbocycles. The van der Waals surface area contributed by atoms with Gasteiger partial charge in [0.1, 0.15) is 0 Å². The van der Waals surface area contributed by atoms with E-state index in [2.05, 4.69) is 44.8 Å². The first-order valence-corrected chi connectivity index (χ1v) is 8.60. The Labute approximate surface area is 130 Å². The van der Waals surface area contributed by atoms with Gasteiger partial charge >= 0.3 is 0 Å². The van der Waals surface area contributed by atoms with Crippen LogP contribution in [0.4, 0.5) is 0 Å². The van der Waals surface area contributed by atoms with Crippen LogP contribution in [0, 0.1) is 5.92 Å². The maximum atomic E-state index is 9.91. The third kappa shape index (κ3) is 3.98. The Bertz CT molecular complexity index is 344. The van der Waals surface area contributed by atoms with Crippen molar-refractivity contribution in [2.24, 2.45) is 5.92 Å². The second-order valence-electron chi connectivity index (χ2n) is 7.90. The molecule has 2 heterocycles. The van der Waals surface area contributed by atoms with E-state index in [4.69, 9.17) is 4.74 Å². The minimum absolute atomic E-state index is 0.128. The van der Waals surface area contributed by atoms with E-state index in [1.165, 1.54) is 0 Å². The van der Waals surface area contributed by atoms with Gasteiger partial charge in [0.25, 0.3) is 0 Å². The molecule has 0 bridgehead atoms. The summed E-state index contributed by atoms with van der Waals surface area (Å²) in [5, 5.41) is 13.6. The molecule has 2 aliphatic rings. The van der Waals surface area contributed by atoms with E-state index < -0.39 is 0 Å². The van der Waals surface area contributed by atoms with Crippen molar-refractivity contribution in [3.8, 4) is 0 Å². The fraction of sp³-hybridized carbons (Fsp3) is 1.00. The second kappa shape index (κ2) is 6.53. The van der Waals surface area contributed by atoms with Gasteiger partial charge in [-0.2, -0.15) is 0 Å². The summed E-state index contributed by atoms with van der Waals surface area (Å²) in [6.07, 6.45) is 3.04. The molecule has 3 unspecified atom stereocenters. The van der Waals surface area contributed by atoms with Gasteiger partial charge in [0.05, 0.1) is 17.3 Å². The number of β-amino-alcohol motifs (C(OH)–C–C–N with tert-alkyl or cyclic N) is 1. The van der Waals surface area contributed by atoms with Gasteiger partial charge in [0.2, 0.25) is 0 Å². The van der Waals surface area contributed by atoms with Gasteiger partial charge in [-0.05, 0) is 60.0 Å². The first-order chi connectivity index (χ1) is 9.76. The molecule has 2 fully saturated rings. The van der Waals surface area contributed by atoms with Crippen molar-refractivity contribution in [3.63, 3.8) is 0 Å². The Morgan fingerprint density at radius 3 is 2.57 bits per heavy atom. The zero-order valence-electron chi connectivity index (χ0n) is 14.5. The summed E-state index contributed by atoms with van der Waals surface area (Å²) in [6.45, 7) is 15.0. The average Bonchev–Trinajstić information content (AvgIpc) is 2.52. The predicted molar refractivity (Wildman–Crippen MR) is 86.5 cm³/mol. The molecule has 3 atom stereocenters. The summed E-state index contributed by atoms with van der Waals surface area (Å²) >= 11 is 0. The molecule has 0 spiro atoms. The minimum atomic E-state index is -0.153. The first kappa shape index (κ1) is 17.2. The highest BCUT2D eigenvalue weighted by Crippen LogP contribution is 2.42. The van der Waals surface area contributed by atoms with Gasteiger partial charge in [-0.15, -0.1) is 0 Å². The van der Waals surface area contributed by atoms with Crippen molar-refractivity contribution in [2.75, 3.05) is 26.2 Å². The summed E-state index contributed by atoms with van der Waals surface area (Å²) in [5.41, 5.74) is -0.269. The maximum Gasteiger partial charge on any atom is 0.0790 e. The molecule has 0 radical (unpaired) electrons. The summed E-state index contributed by atoms with van der Waals surface area (Å²) in [7, 11) is 0. The molecule has 2 aliphatic heterocycles. The van der Waals surface area contributed by atoms with Gasteiger partial charge < -0.3 is 20.1 Å². The molecule has 2 saturated heterocycles. The van der Waals surface area contributed by atoms with E-state index in [1.54, 1.807) is 0 Å². The maximum absolute atomic E-state index is 9.91. The number of ether oxygens (including phenoxy) is 1. The van der Waals surface area contributed by atoms with Crippen LogP contribution in [0.25, 0.3) is 0 Å². The van der Waals surface area contributed by atoms with Crippen LogP contribution in [0.5, 0.6) is 0 Å². The standard InChI is InChI=1S/C17H34N2O2/c1-6-9-18-15-14(16(2,3)21-17(15,4)5)12-19-10-7-8-13(20)11-19/h13-15,18,20H,6-12H2,1-5H3. The van der Waals surface area contributed by atoms with E-state index in [0.29, 0.717) is 12.0 Å². The number of hydrogen-bond acceptors (Lipinski definition) is 4. The second-order valence-corrected chi connectivity index (χ2v) is 7.90. The SMILES string of the molecule is CCCNC1C(CN2CCCC(O)C2)C(C)(C)OC1(C)C. The van der Waals surface area contributed by atoms with Crippen LogP contribution in [0.1, 0.15) is 53.9 Å². The zero-order valence-corrected chi connectivity index (χ0v) is 14.5. The van der Waals surface area contributed by atoms with Crippen molar-refractivity contribution < 1.29 is 9.84 Å². The smallest absolute Gasteiger partial charge is 0.0790 e. The Morgan fingerprint density at radius 1 is 1.24 bits per heavy atom. The van der Waals surface area contributed by atoms with Crippen molar-refractivity contribution in [1.82, 2.24) is 10.2 Å². The zero-order chi connectivity index (χ0) is 15.7. The fourth-order valence-electron chi connectivity index (χ4n) is 4.19. The van der Waals surface area contributed by atoms with E-state index in [-0.39, 0.29) is 17.3 Å². The molecule has 21 heavy (non-hydrogen) atoms. The van der Waals surface area contributed by atoms with Crippen LogP contribution in [-0.4, -0.2) is 59.5 Å². The number of piperidine rings is 1. The van der Waals surface area contributed by atoms with Crippen LogP contribution < -0.4 is 5.32 Å². The molecule has 0 aromatic heterocycles. The van der Waals surface area contributed by atoms with Crippen LogP contribution in [0.3, 0.4) is 0 Å². The van der Waals surface area contributed by atoms with Crippen LogP contribution in [-0.2, 0) is 4.74 Å². The number of aliphatic hydroxyl groups excluding tert-OH is 1. The molecule has 4 nitrogen and oxygen atoms in total. The highest BCUT2D eigenvalue weighted by atomic mass is 16.5. The summed E-state index contributed by atoms with van der Waals surface area (Å²) in [5.74, 6) is 0.448. The lowest BCUT2D eigenvalue weighted by atomic mass is 9.81. The van der Waals surface area contributed by atoms with E-state index in [9.17, 15) is 5.11 Å². The van der Waals surface area contributed by atoms with Crippen LogP contribution >= 0.6 is 0 Å². The van der Waals surface area contributed by atoms with Crippen LogP contribution in [0.15, 0.2) is 0 Å². The predicted octanol–water partition coefficient (Wildman–Crippen LogP) is 2.01. The van der Waals surface area contributed by atoms with E-state index in [1.807, 2.05) is 0 Å². The highest BCUT2D eigenvalue weighted by Gasteiger charge is 2.53. The molecule has 0 aromatic carbocycles. The molecule has 2 N–H and O–H groups in total. The fourth-order valence-corrected chi connectivity index (χ4v) is 4.19. The quantitative estimate of drug-likeness (QED) is 0.815. The number of nitrogens with one attached hydrogen (secondary N) is 1. The van der Waals surface area contributed by atoms with E-state index >= 15 is 0 Å². The Morgan fingerprint density at radius 2 is 1.95 bits per heavy atom. The molecule has 0 aromatic rings.